The summed E-state index contributed by atoms with van der Waals surface area (Å²) in [4.78, 5) is 22.4. The maximum absolute atomic E-state index is 5.37. The number of nitrogens with zero attached hydrogens (tertiary/aromatic N) is 2. The number of aromatic nitrogens is 1. The highest BCUT2D eigenvalue weighted by molar-refractivity contribution is 7.27. The maximum Gasteiger partial charge on any atom is 0.140 e. The molecule has 0 aromatic carbocycles. The molecule has 0 unspecified atom stereocenters. The molecule has 0 spiro atoms. The van der Waals surface area contributed by atoms with Crippen LogP contribution in [0.5, 0.6) is 0 Å². The molecule has 7 heteroatoms. The Morgan fingerprint density at radius 3 is 1.21 bits per heavy atom. The molecule has 62 heavy (non-hydrogen) atoms. The Hall–Kier alpha value is -1.90. The van der Waals surface area contributed by atoms with Gasteiger partial charge < -0.3 is 0 Å². The molecule has 0 amide bonds. The third-order valence-corrected chi connectivity index (χ3v) is 19.2. The molecule has 1 aliphatic heterocycles. The van der Waals surface area contributed by atoms with Crippen LogP contribution in [-0.2, 0) is 32.1 Å². The van der Waals surface area contributed by atoms with Gasteiger partial charge in [-0.1, -0.05) is 167 Å². The lowest BCUT2D eigenvalue weighted by molar-refractivity contribution is 0.607. The van der Waals surface area contributed by atoms with Crippen molar-refractivity contribution in [3.8, 4) is 29.4 Å². The Balaban J connectivity index is 1.19. The van der Waals surface area contributed by atoms with E-state index in [-0.39, 0.29) is 0 Å². The number of thiazole rings is 1. The SMILES string of the molecule is CCCCCCCCc1cc(-c2sc(C3=Nc4sc(-c5cc(CCCCCCCC)c(-c6cc(CCCCCCCC)c(C)s6)s5)nc4C3)cc2CCCCCCCC)sc1C. The summed E-state index contributed by atoms with van der Waals surface area (Å²) in [7, 11) is 0. The van der Waals surface area contributed by atoms with Crippen LogP contribution in [0.1, 0.15) is 224 Å². The van der Waals surface area contributed by atoms with Gasteiger partial charge in [0.15, 0.2) is 0 Å². The first-order chi connectivity index (χ1) is 30.4. The van der Waals surface area contributed by atoms with Crippen LogP contribution in [0.3, 0.4) is 0 Å². The normalized spacial score (nSPS) is 12.6. The number of unbranched alkanes of at least 4 members (excludes halogenated alkanes) is 20. The van der Waals surface area contributed by atoms with Gasteiger partial charge in [0, 0.05) is 40.6 Å². The van der Waals surface area contributed by atoms with Crippen LogP contribution in [0.4, 0.5) is 5.00 Å². The molecule has 0 saturated heterocycles. The number of thiophene rings is 4. The topological polar surface area (TPSA) is 25.2 Å². The highest BCUT2D eigenvalue weighted by Crippen LogP contribution is 2.48. The van der Waals surface area contributed by atoms with Crippen molar-refractivity contribution in [1.29, 1.82) is 0 Å². The first-order valence-corrected chi connectivity index (χ1v) is 29.5. The first-order valence-electron chi connectivity index (χ1n) is 25.4. The molecule has 0 N–H and O–H groups in total. The standard InChI is InChI=1S/C55H80N2S5/c1-7-11-15-19-23-27-31-42-35-49(58-40(42)5)52-44(33-29-25-21-17-13-9-3)37-48(60-52)46-39-47-54(56-46)62-55(57-47)51-38-45(34-30-26-22-18-14-10-4)53(61-51)50-36-43(41(6)59-50)32-28-24-20-16-12-8-2/h35-38H,7-34,39H2,1-6H3. The Kier molecular flexibility index (Phi) is 21.5. The van der Waals surface area contributed by atoms with E-state index in [4.69, 9.17) is 9.98 Å². The van der Waals surface area contributed by atoms with Crippen molar-refractivity contribution >= 4 is 67.4 Å². The smallest absolute Gasteiger partial charge is 0.140 e. The lowest BCUT2D eigenvalue weighted by Gasteiger charge is -2.03. The molecule has 5 aromatic heterocycles. The van der Waals surface area contributed by atoms with E-state index in [1.165, 1.54) is 241 Å². The Morgan fingerprint density at radius 2 is 0.774 bits per heavy atom. The molecule has 6 heterocycles. The molecular formula is C55H80N2S5. The van der Waals surface area contributed by atoms with Crippen molar-refractivity contribution in [2.24, 2.45) is 4.99 Å². The second kappa shape index (κ2) is 26.9. The Morgan fingerprint density at radius 1 is 0.403 bits per heavy atom. The number of hydrogen-bond acceptors (Lipinski definition) is 7. The zero-order valence-electron chi connectivity index (χ0n) is 39.8. The third-order valence-electron chi connectivity index (χ3n) is 13.0. The minimum Gasteiger partial charge on any atom is -0.239 e. The molecule has 0 aliphatic carbocycles. The van der Waals surface area contributed by atoms with Crippen LogP contribution >= 0.6 is 56.7 Å². The van der Waals surface area contributed by atoms with Crippen molar-refractivity contribution < 1.29 is 0 Å². The van der Waals surface area contributed by atoms with Crippen molar-refractivity contribution in [2.75, 3.05) is 0 Å². The van der Waals surface area contributed by atoms with Crippen molar-refractivity contribution in [2.45, 2.75) is 228 Å². The van der Waals surface area contributed by atoms with E-state index in [2.05, 4.69) is 65.8 Å². The summed E-state index contributed by atoms with van der Waals surface area (Å²) < 4.78 is 0. The fraction of sp³-hybridized carbons (Fsp3) is 0.636. The average Bonchev–Trinajstić information content (AvgIpc) is 4.13. The van der Waals surface area contributed by atoms with Crippen LogP contribution < -0.4 is 0 Å². The largest absolute Gasteiger partial charge is 0.239 e. The van der Waals surface area contributed by atoms with E-state index in [1.54, 1.807) is 16.7 Å². The highest BCUT2D eigenvalue weighted by Gasteiger charge is 2.26. The van der Waals surface area contributed by atoms with Gasteiger partial charge in [-0.15, -0.1) is 45.3 Å². The molecule has 0 radical (unpaired) electrons. The van der Waals surface area contributed by atoms with E-state index in [0.29, 0.717) is 0 Å². The summed E-state index contributed by atoms with van der Waals surface area (Å²) in [6, 6.07) is 10.1. The van der Waals surface area contributed by atoms with Gasteiger partial charge >= 0.3 is 0 Å². The van der Waals surface area contributed by atoms with Gasteiger partial charge in [-0.3, -0.25) is 0 Å². The van der Waals surface area contributed by atoms with Crippen LogP contribution in [0, 0.1) is 13.8 Å². The molecule has 0 fully saturated rings. The first kappa shape index (κ1) is 49.5. The van der Waals surface area contributed by atoms with Gasteiger partial charge in [0.1, 0.15) is 10.0 Å². The predicted octanol–water partition coefficient (Wildman–Crippen LogP) is 20.3. The van der Waals surface area contributed by atoms with Crippen molar-refractivity contribution in [1.82, 2.24) is 4.98 Å². The summed E-state index contributed by atoms with van der Waals surface area (Å²) in [6.07, 6.45) is 38.0. The Bertz CT molecular complexity index is 2080. The summed E-state index contributed by atoms with van der Waals surface area (Å²) >= 11 is 9.88. The third kappa shape index (κ3) is 14.6. The lowest BCUT2D eigenvalue weighted by Crippen LogP contribution is -1.98. The van der Waals surface area contributed by atoms with Crippen LogP contribution in [-0.4, -0.2) is 10.7 Å². The zero-order valence-corrected chi connectivity index (χ0v) is 43.8. The molecule has 0 saturated carbocycles. The minimum absolute atomic E-state index is 0.851. The fourth-order valence-electron chi connectivity index (χ4n) is 9.15. The number of hydrogen-bond donors (Lipinski definition) is 0. The predicted molar refractivity (Wildman–Crippen MR) is 284 cm³/mol. The maximum atomic E-state index is 5.37. The van der Waals surface area contributed by atoms with Crippen LogP contribution in [0.15, 0.2) is 29.3 Å². The van der Waals surface area contributed by atoms with Crippen LogP contribution in [0.2, 0.25) is 0 Å². The lowest BCUT2D eigenvalue weighted by atomic mass is 10.0. The zero-order chi connectivity index (χ0) is 43.5. The minimum atomic E-state index is 0.851. The number of aryl methyl sites for hydroxylation is 6. The fourth-order valence-corrected chi connectivity index (χ4v) is 15.0. The van der Waals surface area contributed by atoms with E-state index in [9.17, 15) is 0 Å². The number of fused-ring (bicyclic) bond motifs is 1. The van der Waals surface area contributed by atoms with Gasteiger partial charge in [-0.05, 0) is 112 Å². The average molecular weight is 930 g/mol. The summed E-state index contributed by atoms with van der Waals surface area (Å²) in [6.45, 7) is 14.0. The number of aliphatic imine (C=N–C) groups is 1. The summed E-state index contributed by atoms with van der Waals surface area (Å²) in [5, 5.41) is 2.30. The van der Waals surface area contributed by atoms with Crippen LogP contribution in [0.25, 0.3) is 29.4 Å². The monoisotopic (exact) mass is 928 g/mol. The molecule has 0 bridgehead atoms. The molecule has 5 aromatic rings. The summed E-state index contributed by atoms with van der Waals surface area (Å²) in [5.74, 6) is 0. The number of rotatable bonds is 32. The second-order valence-electron chi connectivity index (χ2n) is 18.4. The summed E-state index contributed by atoms with van der Waals surface area (Å²) in [5.41, 5.74) is 8.64. The van der Waals surface area contributed by atoms with Crippen molar-refractivity contribution in [3.05, 3.63) is 66.8 Å². The molecule has 340 valence electrons. The second-order valence-corrected chi connectivity index (χ2v) is 24.0. The van der Waals surface area contributed by atoms with E-state index in [0.717, 1.165) is 11.4 Å². The van der Waals surface area contributed by atoms with Gasteiger partial charge in [0.2, 0.25) is 0 Å². The highest BCUT2D eigenvalue weighted by atomic mass is 32.1. The quantitative estimate of drug-likeness (QED) is 0.0395. The molecule has 6 rings (SSSR count). The molecule has 2 nitrogen and oxygen atoms in total. The van der Waals surface area contributed by atoms with Gasteiger partial charge in [-0.2, -0.15) is 0 Å². The van der Waals surface area contributed by atoms with Crippen molar-refractivity contribution in [3.63, 3.8) is 0 Å². The van der Waals surface area contributed by atoms with Gasteiger partial charge in [0.05, 0.1) is 16.3 Å². The molecule has 0 atom stereocenters. The van der Waals surface area contributed by atoms with E-state index < -0.39 is 0 Å². The molecular weight excluding hydrogens is 849 g/mol. The van der Waals surface area contributed by atoms with Gasteiger partial charge in [-0.25, -0.2) is 9.98 Å². The van der Waals surface area contributed by atoms with E-state index >= 15 is 0 Å². The Labute approximate surface area is 398 Å². The van der Waals surface area contributed by atoms with E-state index in [1.807, 2.05) is 56.7 Å². The molecule has 1 aliphatic rings. The van der Waals surface area contributed by atoms with Gasteiger partial charge in [0.25, 0.3) is 0 Å².